The fourth-order valence-corrected chi connectivity index (χ4v) is 8.47. The number of ketones is 1. The fourth-order valence-electron chi connectivity index (χ4n) is 6.93. The summed E-state index contributed by atoms with van der Waals surface area (Å²) in [6, 6.07) is 14.6. The van der Waals surface area contributed by atoms with Gasteiger partial charge in [0.05, 0.1) is 131 Å². The van der Waals surface area contributed by atoms with Crippen LogP contribution in [0.3, 0.4) is 0 Å². The van der Waals surface area contributed by atoms with E-state index in [-0.39, 0.29) is 55.2 Å². The normalized spacial score (nSPS) is 16.1. The molecule has 69 heavy (non-hydrogen) atoms. The number of thioether (sulfide) groups is 1. The Morgan fingerprint density at radius 1 is 0.551 bits per heavy atom. The lowest BCUT2D eigenvalue weighted by Gasteiger charge is -2.16. The second-order valence-corrected chi connectivity index (χ2v) is 17.2. The van der Waals surface area contributed by atoms with Crippen molar-refractivity contribution < 1.29 is 71.7 Å². The zero-order chi connectivity index (χ0) is 49.0. The van der Waals surface area contributed by atoms with E-state index in [2.05, 4.69) is 26.6 Å². The highest BCUT2D eigenvalue weighted by Crippen LogP contribution is 2.33. The van der Waals surface area contributed by atoms with E-state index in [1.54, 1.807) is 36.4 Å². The molecule has 0 aromatic heterocycles. The third-order valence-corrected chi connectivity index (χ3v) is 12.1. The molecule has 2 aromatic carbocycles. The van der Waals surface area contributed by atoms with Crippen LogP contribution in [0.2, 0.25) is 0 Å². The first-order valence-corrected chi connectivity index (χ1v) is 25.0. The summed E-state index contributed by atoms with van der Waals surface area (Å²) in [5, 5.41) is 23.9. The van der Waals surface area contributed by atoms with Gasteiger partial charge in [0.2, 0.25) is 11.8 Å². The molecule has 2 saturated heterocycles. The fraction of sp³-hybridized carbons (Fsp3) is 0.646. The number of fused-ring (bicyclic) bond motifs is 1. The van der Waals surface area contributed by atoms with Crippen LogP contribution in [0, 0.1) is 0 Å². The maximum atomic E-state index is 13.0. The van der Waals surface area contributed by atoms with Gasteiger partial charge in [0, 0.05) is 60.3 Å². The number of anilines is 1. The highest BCUT2D eigenvalue weighted by Gasteiger charge is 2.42. The van der Waals surface area contributed by atoms with Crippen LogP contribution in [0.1, 0.15) is 60.9 Å². The number of carboxylic acids is 1. The number of nitrogens with one attached hydrogen (secondary N) is 5. The molecule has 2 heterocycles. The largest absolute Gasteiger partial charge is 0.494 e. The molecule has 4 rings (SSSR count). The van der Waals surface area contributed by atoms with Crippen molar-refractivity contribution in [1.82, 2.24) is 21.3 Å². The van der Waals surface area contributed by atoms with E-state index in [1.165, 1.54) is 0 Å². The van der Waals surface area contributed by atoms with Crippen molar-refractivity contribution in [1.29, 1.82) is 0 Å². The highest BCUT2D eigenvalue weighted by molar-refractivity contribution is 8.00. The first kappa shape index (κ1) is 57.0. The number of carbonyl (C=O) groups is 5. The number of ether oxygens (including phenoxy) is 9. The van der Waals surface area contributed by atoms with E-state index in [1.807, 2.05) is 23.9 Å². The van der Waals surface area contributed by atoms with E-state index < -0.39 is 5.97 Å². The minimum Gasteiger partial charge on any atom is -0.494 e. The van der Waals surface area contributed by atoms with Gasteiger partial charge in [0.25, 0.3) is 0 Å². The monoisotopic (exact) mass is 991 g/mol. The average molecular weight is 992 g/mol. The van der Waals surface area contributed by atoms with Gasteiger partial charge in [0.1, 0.15) is 5.75 Å². The van der Waals surface area contributed by atoms with Gasteiger partial charge < -0.3 is 74.3 Å². The molecule has 6 N–H and O–H groups in total. The Hall–Kier alpha value is -4.58. The van der Waals surface area contributed by atoms with E-state index in [0.717, 1.165) is 30.7 Å². The van der Waals surface area contributed by atoms with Crippen molar-refractivity contribution in [2.75, 3.05) is 143 Å². The maximum Gasteiger partial charge on any atom is 0.315 e. The van der Waals surface area contributed by atoms with Crippen molar-refractivity contribution in [2.24, 2.45) is 0 Å². The van der Waals surface area contributed by atoms with Gasteiger partial charge in [-0.1, -0.05) is 6.42 Å². The molecule has 4 amide bonds. The lowest BCUT2D eigenvalue weighted by Crippen LogP contribution is -2.36. The summed E-state index contributed by atoms with van der Waals surface area (Å²) in [4.78, 5) is 59.2. The Bertz CT molecular complexity index is 1750. The lowest BCUT2D eigenvalue weighted by atomic mass is 10.0. The van der Waals surface area contributed by atoms with E-state index >= 15 is 0 Å². The smallest absolute Gasteiger partial charge is 0.315 e. The number of hydrogen-bond acceptors (Lipinski definition) is 16. The van der Waals surface area contributed by atoms with Gasteiger partial charge >= 0.3 is 12.0 Å². The Morgan fingerprint density at radius 2 is 1.06 bits per heavy atom. The number of amides is 4. The van der Waals surface area contributed by atoms with E-state index in [0.29, 0.717) is 160 Å². The van der Waals surface area contributed by atoms with E-state index in [4.69, 9.17) is 47.7 Å². The number of unbranched alkanes of at least 4 members (excludes halogenated alkanes) is 1. The molecule has 0 spiro atoms. The zero-order valence-electron chi connectivity index (χ0n) is 39.7. The Balaban J connectivity index is 0.857. The third-order valence-electron chi connectivity index (χ3n) is 10.6. The number of urea groups is 1. The van der Waals surface area contributed by atoms with Crippen LogP contribution in [0.25, 0.3) is 0 Å². The highest BCUT2D eigenvalue weighted by atomic mass is 32.2. The SMILES string of the molecule is O=C(O)CCOCCOCCOCCOCCNc1ccc(C(=O)c2ccc(OCCCNC(=O)CCOCCOCCOCCOCCNC(=O)CCCCC3SCC4NC(=O)NC43)cc2)cc1. The predicted octanol–water partition coefficient (Wildman–Crippen LogP) is 3.05. The molecule has 2 fully saturated rings. The van der Waals surface area contributed by atoms with Crippen LogP contribution in [0.4, 0.5) is 10.5 Å². The summed E-state index contributed by atoms with van der Waals surface area (Å²) in [7, 11) is 0. The van der Waals surface area contributed by atoms with Crippen LogP contribution < -0.4 is 31.3 Å². The van der Waals surface area contributed by atoms with E-state index in [9.17, 15) is 24.0 Å². The number of aliphatic carboxylic acids is 1. The van der Waals surface area contributed by atoms with Crippen LogP contribution in [-0.2, 0) is 52.3 Å². The molecular weight excluding hydrogens is 919 g/mol. The Morgan fingerprint density at radius 3 is 1.65 bits per heavy atom. The number of benzene rings is 2. The summed E-state index contributed by atoms with van der Waals surface area (Å²) in [6.45, 7) is 8.22. The first-order valence-electron chi connectivity index (χ1n) is 24.0. The second-order valence-electron chi connectivity index (χ2n) is 15.9. The number of rotatable bonds is 43. The molecule has 3 unspecified atom stereocenters. The van der Waals surface area contributed by atoms with Gasteiger partial charge in [-0.3, -0.25) is 19.2 Å². The molecule has 20 nitrogen and oxygen atoms in total. The van der Waals surface area contributed by atoms with Gasteiger partial charge in [-0.05, 0) is 67.8 Å². The molecule has 0 bridgehead atoms. The average Bonchev–Trinajstić information content (AvgIpc) is 3.91. The van der Waals surface area contributed by atoms with Crippen LogP contribution in [-0.4, -0.2) is 190 Å². The standard InChI is InChI=1S/C48H73N5O15S/c54-43(5-2-1-4-42-46-41(36-69-42)52-48(59)53-46)51-18-23-63-27-31-67-34-32-64-28-24-60-20-14-44(55)50-16-3-19-68-40-12-8-38(9-13-40)47(58)37-6-10-39(11-7-37)49-17-22-62-26-30-66-35-33-65-29-25-61-21-15-45(56)57/h6-13,41-42,46,49H,1-5,14-36H2,(H,50,55)(H,51,54)(H,56,57)(H2,52,53,59). The summed E-state index contributed by atoms with van der Waals surface area (Å²) in [6.07, 6.45) is 4.10. The molecular formula is C48H73N5O15S. The minimum atomic E-state index is -0.888. The van der Waals surface area contributed by atoms with Crippen LogP contribution >= 0.6 is 11.8 Å². The summed E-state index contributed by atoms with van der Waals surface area (Å²) in [5.74, 6) is 0.516. The molecule has 2 aliphatic heterocycles. The molecule has 0 saturated carbocycles. The van der Waals surface area contributed by atoms with Crippen molar-refractivity contribution in [3.63, 3.8) is 0 Å². The Labute approximate surface area is 409 Å². The first-order chi connectivity index (χ1) is 33.8. The maximum absolute atomic E-state index is 13.0. The number of carbonyl (C=O) groups excluding carboxylic acids is 4. The Kier molecular flexibility index (Phi) is 30.1. The van der Waals surface area contributed by atoms with Crippen LogP contribution in [0.5, 0.6) is 5.75 Å². The van der Waals surface area contributed by atoms with Crippen molar-refractivity contribution in [3.05, 3.63) is 59.7 Å². The molecule has 3 atom stereocenters. The summed E-state index contributed by atoms with van der Waals surface area (Å²) in [5.41, 5.74) is 1.99. The molecule has 0 aliphatic carbocycles. The molecule has 2 aliphatic rings. The van der Waals surface area contributed by atoms with Crippen LogP contribution in [0.15, 0.2) is 48.5 Å². The van der Waals surface area contributed by atoms with Gasteiger partial charge in [-0.15, -0.1) is 0 Å². The molecule has 0 radical (unpaired) electrons. The van der Waals surface area contributed by atoms with Gasteiger partial charge in [0.15, 0.2) is 5.78 Å². The lowest BCUT2D eigenvalue weighted by molar-refractivity contribution is -0.138. The second kappa shape index (κ2) is 36.4. The van der Waals surface area contributed by atoms with Crippen molar-refractivity contribution >= 4 is 47.0 Å². The quantitative estimate of drug-likeness (QED) is 0.0318. The number of carboxylic acid groups (broad SMARTS) is 1. The molecule has 21 heteroatoms. The minimum absolute atomic E-state index is 0.0205. The van der Waals surface area contributed by atoms with Gasteiger partial charge in [-0.25, -0.2) is 4.79 Å². The van der Waals surface area contributed by atoms with Gasteiger partial charge in [-0.2, -0.15) is 11.8 Å². The van der Waals surface area contributed by atoms with Crippen molar-refractivity contribution in [2.45, 2.75) is 62.3 Å². The van der Waals surface area contributed by atoms with Crippen molar-refractivity contribution in [3.8, 4) is 5.75 Å². The zero-order valence-corrected chi connectivity index (χ0v) is 40.5. The number of hydrogen-bond donors (Lipinski definition) is 6. The summed E-state index contributed by atoms with van der Waals surface area (Å²) >= 11 is 1.89. The topological polar surface area (TPSA) is 249 Å². The predicted molar refractivity (Wildman–Crippen MR) is 258 cm³/mol. The summed E-state index contributed by atoms with van der Waals surface area (Å²) < 4.78 is 49.4. The molecule has 386 valence electrons. The third kappa shape index (κ3) is 26.3. The molecule has 2 aromatic rings.